The number of benzene rings is 2. The third-order valence-corrected chi connectivity index (χ3v) is 5.79. The van der Waals surface area contributed by atoms with Gasteiger partial charge in [-0.25, -0.2) is 0 Å². The van der Waals surface area contributed by atoms with Gasteiger partial charge in [-0.3, -0.25) is 4.79 Å². The summed E-state index contributed by atoms with van der Waals surface area (Å²) in [5.74, 6) is 0.210. The Morgan fingerprint density at radius 3 is 2.50 bits per heavy atom. The van der Waals surface area contributed by atoms with Gasteiger partial charge < -0.3 is 9.80 Å². The molecule has 2 aromatic rings. The van der Waals surface area contributed by atoms with Crippen molar-refractivity contribution in [1.29, 1.82) is 5.26 Å². The predicted molar refractivity (Wildman–Crippen MR) is 114 cm³/mol. The van der Waals surface area contributed by atoms with Gasteiger partial charge in [0.05, 0.1) is 21.7 Å². The van der Waals surface area contributed by atoms with Crippen LogP contribution in [-0.4, -0.2) is 37.0 Å². The van der Waals surface area contributed by atoms with Gasteiger partial charge in [0.25, 0.3) is 0 Å². The van der Waals surface area contributed by atoms with Gasteiger partial charge in [0.15, 0.2) is 0 Å². The van der Waals surface area contributed by atoms with E-state index in [1.807, 2.05) is 41.3 Å². The highest BCUT2D eigenvalue weighted by Gasteiger charge is 2.19. The van der Waals surface area contributed by atoms with Gasteiger partial charge in [-0.2, -0.15) is 5.26 Å². The molecule has 1 aliphatic rings. The first-order valence-electron chi connectivity index (χ1n) is 9.53. The summed E-state index contributed by atoms with van der Waals surface area (Å²) >= 11 is 12.0. The largest absolute Gasteiger partial charge is 0.370 e. The summed E-state index contributed by atoms with van der Waals surface area (Å²) in [6.07, 6.45) is 3.09. The van der Waals surface area contributed by atoms with Crippen LogP contribution >= 0.6 is 23.2 Å². The molecular formula is C22H23Cl2N3O. The number of nitriles is 1. The van der Waals surface area contributed by atoms with E-state index in [0.29, 0.717) is 22.0 Å². The second-order valence-electron chi connectivity index (χ2n) is 6.98. The highest BCUT2D eigenvalue weighted by Crippen LogP contribution is 2.23. The van der Waals surface area contributed by atoms with Crippen molar-refractivity contribution in [2.75, 3.05) is 31.1 Å². The molecule has 0 bridgehead atoms. The van der Waals surface area contributed by atoms with Crippen molar-refractivity contribution in [2.24, 2.45) is 0 Å². The fraction of sp³-hybridized carbons (Fsp3) is 0.364. The molecule has 0 radical (unpaired) electrons. The molecule has 3 rings (SSSR count). The minimum absolute atomic E-state index is 0.210. The summed E-state index contributed by atoms with van der Waals surface area (Å²) in [7, 11) is 0. The van der Waals surface area contributed by atoms with Crippen LogP contribution in [0.25, 0.3) is 0 Å². The van der Waals surface area contributed by atoms with Crippen molar-refractivity contribution in [2.45, 2.75) is 25.7 Å². The molecule has 146 valence electrons. The molecule has 0 unspecified atom stereocenters. The molecule has 0 saturated carbocycles. The van der Waals surface area contributed by atoms with Gasteiger partial charge in [-0.15, -0.1) is 0 Å². The quantitative estimate of drug-likeness (QED) is 0.695. The highest BCUT2D eigenvalue weighted by molar-refractivity contribution is 6.42. The average molecular weight is 416 g/mol. The molecule has 1 fully saturated rings. The Labute approximate surface area is 176 Å². The number of carbonyl (C=O) groups excluding carboxylic acids is 1. The number of carbonyl (C=O) groups is 1. The van der Waals surface area contributed by atoms with Crippen molar-refractivity contribution < 1.29 is 4.79 Å². The van der Waals surface area contributed by atoms with Crippen LogP contribution < -0.4 is 4.90 Å². The van der Waals surface area contributed by atoms with E-state index in [4.69, 9.17) is 28.5 Å². The number of halogens is 2. The number of aryl methyl sites for hydroxylation is 1. The lowest BCUT2D eigenvalue weighted by Crippen LogP contribution is -2.35. The Hall–Kier alpha value is -2.22. The van der Waals surface area contributed by atoms with Gasteiger partial charge in [-0.05, 0) is 61.2 Å². The van der Waals surface area contributed by atoms with E-state index in [9.17, 15) is 4.79 Å². The van der Waals surface area contributed by atoms with Crippen LogP contribution in [0.1, 0.15) is 30.4 Å². The minimum Gasteiger partial charge on any atom is -0.370 e. The average Bonchev–Trinajstić information content (AvgIpc) is 2.97. The van der Waals surface area contributed by atoms with Crippen molar-refractivity contribution in [1.82, 2.24) is 4.90 Å². The number of hydrogen-bond acceptors (Lipinski definition) is 3. The second-order valence-corrected chi connectivity index (χ2v) is 7.80. The maximum absolute atomic E-state index is 12.6. The number of amides is 1. The zero-order valence-electron chi connectivity index (χ0n) is 15.7. The molecule has 0 aromatic heterocycles. The maximum Gasteiger partial charge on any atom is 0.222 e. The van der Waals surface area contributed by atoms with Crippen LogP contribution in [-0.2, 0) is 11.2 Å². The van der Waals surface area contributed by atoms with E-state index in [2.05, 4.69) is 11.0 Å². The highest BCUT2D eigenvalue weighted by atomic mass is 35.5. The van der Waals surface area contributed by atoms with Gasteiger partial charge >= 0.3 is 0 Å². The number of rotatable bonds is 5. The standard InChI is InChI=1S/C22H23Cl2N3O/c23-20-10-7-17(15-21(20)24)3-1-4-22(28)27-12-2-11-26(13-14-27)19-8-5-18(16-25)6-9-19/h5-10,15H,1-4,11-14H2. The van der Waals surface area contributed by atoms with Crippen molar-refractivity contribution in [3.8, 4) is 6.07 Å². The van der Waals surface area contributed by atoms with E-state index in [0.717, 1.165) is 56.7 Å². The number of nitrogens with zero attached hydrogens (tertiary/aromatic N) is 3. The monoisotopic (exact) mass is 415 g/mol. The first-order chi connectivity index (χ1) is 13.6. The van der Waals surface area contributed by atoms with E-state index in [1.54, 1.807) is 6.07 Å². The number of anilines is 1. The first kappa shape index (κ1) is 20.5. The molecular weight excluding hydrogens is 393 g/mol. The van der Waals surface area contributed by atoms with Gasteiger partial charge in [0, 0.05) is 38.3 Å². The van der Waals surface area contributed by atoms with E-state index < -0.39 is 0 Å². The van der Waals surface area contributed by atoms with E-state index in [-0.39, 0.29) is 5.91 Å². The smallest absolute Gasteiger partial charge is 0.222 e. The van der Waals surface area contributed by atoms with Gasteiger partial charge in [0.1, 0.15) is 0 Å². The molecule has 0 N–H and O–H groups in total. The lowest BCUT2D eigenvalue weighted by molar-refractivity contribution is -0.131. The molecule has 2 aromatic carbocycles. The van der Waals surface area contributed by atoms with Gasteiger partial charge in [0.2, 0.25) is 5.91 Å². The SMILES string of the molecule is N#Cc1ccc(N2CCCN(C(=O)CCCc3ccc(Cl)c(Cl)c3)CC2)cc1. The minimum atomic E-state index is 0.210. The predicted octanol–water partition coefficient (Wildman–Crippen LogP) is 4.93. The van der Waals surface area contributed by atoms with Crippen LogP contribution in [0, 0.1) is 11.3 Å². The summed E-state index contributed by atoms with van der Waals surface area (Å²) in [6.45, 7) is 3.24. The fourth-order valence-electron chi connectivity index (χ4n) is 3.47. The van der Waals surface area contributed by atoms with Crippen molar-refractivity contribution in [3.63, 3.8) is 0 Å². The normalized spacial score (nSPS) is 14.5. The third-order valence-electron chi connectivity index (χ3n) is 5.05. The molecule has 0 aliphatic carbocycles. The van der Waals surface area contributed by atoms with Crippen molar-refractivity contribution >= 4 is 34.8 Å². The molecule has 1 amide bonds. The third kappa shape index (κ3) is 5.41. The molecule has 1 heterocycles. The van der Waals surface area contributed by atoms with Crippen LogP contribution in [0.2, 0.25) is 10.0 Å². The molecule has 6 heteroatoms. The summed E-state index contributed by atoms with van der Waals surface area (Å²) < 4.78 is 0. The first-order valence-corrected chi connectivity index (χ1v) is 10.3. The summed E-state index contributed by atoms with van der Waals surface area (Å²) in [5.41, 5.74) is 2.87. The Bertz CT molecular complexity index is 861. The van der Waals surface area contributed by atoms with Crippen LogP contribution in [0.5, 0.6) is 0 Å². The van der Waals surface area contributed by atoms with Crippen molar-refractivity contribution in [3.05, 3.63) is 63.6 Å². The van der Waals surface area contributed by atoms with E-state index in [1.165, 1.54) is 0 Å². The second kappa shape index (κ2) is 9.82. The molecule has 0 atom stereocenters. The number of hydrogen-bond donors (Lipinski definition) is 0. The Morgan fingerprint density at radius 1 is 1.00 bits per heavy atom. The molecule has 1 aliphatic heterocycles. The summed E-state index contributed by atoms with van der Waals surface area (Å²) in [6, 6.07) is 15.4. The lowest BCUT2D eigenvalue weighted by Gasteiger charge is -2.24. The Morgan fingerprint density at radius 2 is 1.79 bits per heavy atom. The topological polar surface area (TPSA) is 47.3 Å². The molecule has 1 saturated heterocycles. The molecule has 0 spiro atoms. The molecule has 28 heavy (non-hydrogen) atoms. The maximum atomic E-state index is 12.6. The zero-order valence-corrected chi connectivity index (χ0v) is 17.2. The Kier molecular flexibility index (Phi) is 7.19. The summed E-state index contributed by atoms with van der Waals surface area (Å²) in [5, 5.41) is 10.0. The lowest BCUT2D eigenvalue weighted by atomic mass is 10.1. The van der Waals surface area contributed by atoms with E-state index >= 15 is 0 Å². The van der Waals surface area contributed by atoms with Crippen LogP contribution in [0.15, 0.2) is 42.5 Å². The zero-order chi connectivity index (χ0) is 19.9. The summed E-state index contributed by atoms with van der Waals surface area (Å²) in [4.78, 5) is 16.9. The Balaban J connectivity index is 1.48. The molecule has 4 nitrogen and oxygen atoms in total. The van der Waals surface area contributed by atoms with Gasteiger partial charge in [-0.1, -0.05) is 29.3 Å². The van der Waals surface area contributed by atoms with Crippen LogP contribution in [0.4, 0.5) is 5.69 Å². The van der Waals surface area contributed by atoms with Crippen LogP contribution in [0.3, 0.4) is 0 Å². The fourth-order valence-corrected chi connectivity index (χ4v) is 3.79.